The van der Waals surface area contributed by atoms with Gasteiger partial charge in [-0.3, -0.25) is 9.59 Å². The molecule has 0 aliphatic rings. The van der Waals surface area contributed by atoms with E-state index in [0.717, 1.165) is 12.1 Å². The van der Waals surface area contributed by atoms with E-state index in [2.05, 4.69) is 4.99 Å². The van der Waals surface area contributed by atoms with Gasteiger partial charge >= 0.3 is 12.1 Å². The number of nitrogens with zero attached hydrogens (tertiary/aromatic N) is 1. The Hall–Kier alpha value is -3.60. The summed E-state index contributed by atoms with van der Waals surface area (Å²) in [5.41, 5.74) is 14.6. The van der Waals surface area contributed by atoms with Crippen molar-refractivity contribution in [1.29, 1.82) is 0 Å². The van der Waals surface area contributed by atoms with Crippen molar-refractivity contribution in [2.45, 2.75) is 18.6 Å². The summed E-state index contributed by atoms with van der Waals surface area (Å²) in [5.74, 6) is -3.23. The topological polar surface area (TPSA) is 154 Å². The summed E-state index contributed by atoms with van der Waals surface area (Å²) in [6.45, 7) is 0. The number of carbonyl (C=O) groups excluding carboxylic acids is 1. The van der Waals surface area contributed by atoms with Crippen molar-refractivity contribution < 1.29 is 32.6 Å². The molecular formula is C18H17F3N4O4. The van der Waals surface area contributed by atoms with Gasteiger partial charge in [-0.1, -0.05) is 12.1 Å². The number of benzene rings is 2. The summed E-state index contributed by atoms with van der Waals surface area (Å²) in [5, 5.41) is 8.81. The number of aliphatic imine (C=N–C) groups is 1. The molecule has 0 spiro atoms. The standard InChI is InChI=1S/C18H17F3N4O4/c19-18(20,21)12-8-10(15(26)25-17(23)24)3-6-14(12)29-11-4-1-9(2-5-11)7-13(22)16(27)28/h1-6,8,13H,7,22H2,(H,27,28)(H4,23,24,25,26). The van der Waals surface area contributed by atoms with Gasteiger partial charge in [-0.05, 0) is 42.3 Å². The van der Waals surface area contributed by atoms with Crippen LogP contribution in [0.2, 0.25) is 0 Å². The number of halogens is 3. The van der Waals surface area contributed by atoms with Crippen molar-refractivity contribution in [1.82, 2.24) is 0 Å². The van der Waals surface area contributed by atoms with Crippen LogP contribution in [0.15, 0.2) is 47.5 Å². The Kier molecular flexibility index (Phi) is 6.44. The molecule has 2 aromatic carbocycles. The van der Waals surface area contributed by atoms with E-state index in [9.17, 15) is 22.8 Å². The average Bonchev–Trinajstić information content (AvgIpc) is 2.62. The molecule has 1 atom stereocenters. The minimum atomic E-state index is -4.81. The molecule has 29 heavy (non-hydrogen) atoms. The Morgan fingerprint density at radius 1 is 1.10 bits per heavy atom. The number of carboxylic acids is 1. The van der Waals surface area contributed by atoms with E-state index in [0.29, 0.717) is 11.6 Å². The van der Waals surface area contributed by atoms with Gasteiger partial charge in [0.1, 0.15) is 17.5 Å². The number of carboxylic acid groups (broad SMARTS) is 1. The second kappa shape index (κ2) is 8.61. The van der Waals surface area contributed by atoms with Gasteiger partial charge in [-0.25, -0.2) is 0 Å². The van der Waals surface area contributed by atoms with Crippen LogP contribution in [-0.4, -0.2) is 29.0 Å². The molecule has 0 saturated carbocycles. The smallest absolute Gasteiger partial charge is 0.420 e. The number of guanidine groups is 1. The summed E-state index contributed by atoms with van der Waals surface area (Å²) in [4.78, 5) is 25.7. The molecule has 0 fully saturated rings. The van der Waals surface area contributed by atoms with Gasteiger partial charge in [-0.2, -0.15) is 18.2 Å². The molecule has 0 heterocycles. The molecule has 1 amide bonds. The fraction of sp³-hybridized carbons (Fsp3) is 0.167. The number of alkyl halides is 3. The van der Waals surface area contributed by atoms with E-state index in [-0.39, 0.29) is 17.7 Å². The van der Waals surface area contributed by atoms with Crippen LogP contribution in [0.3, 0.4) is 0 Å². The molecule has 8 nitrogen and oxygen atoms in total. The first-order valence-electron chi connectivity index (χ1n) is 8.07. The number of ether oxygens (including phenoxy) is 1. The average molecular weight is 410 g/mol. The molecule has 2 rings (SSSR count). The number of hydrogen-bond acceptors (Lipinski definition) is 4. The highest BCUT2D eigenvalue weighted by Crippen LogP contribution is 2.39. The predicted octanol–water partition coefficient (Wildman–Crippen LogP) is 1.87. The molecule has 0 aliphatic carbocycles. The van der Waals surface area contributed by atoms with Crippen LogP contribution in [-0.2, 0) is 17.4 Å². The third kappa shape index (κ3) is 5.94. The van der Waals surface area contributed by atoms with Crippen molar-refractivity contribution >= 4 is 17.8 Å². The highest BCUT2D eigenvalue weighted by atomic mass is 19.4. The monoisotopic (exact) mass is 410 g/mol. The molecule has 0 aliphatic heterocycles. The lowest BCUT2D eigenvalue weighted by Crippen LogP contribution is -2.32. The minimum Gasteiger partial charge on any atom is -0.480 e. The van der Waals surface area contributed by atoms with Crippen molar-refractivity contribution in [2.24, 2.45) is 22.2 Å². The third-order valence-corrected chi connectivity index (χ3v) is 3.69. The Bertz CT molecular complexity index is 939. The minimum absolute atomic E-state index is 0.0466. The number of nitrogens with two attached hydrogens (primary N) is 3. The van der Waals surface area contributed by atoms with Crippen LogP contribution >= 0.6 is 0 Å². The summed E-state index contributed by atoms with van der Waals surface area (Å²) >= 11 is 0. The lowest BCUT2D eigenvalue weighted by Gasteiger charge is -2.15. The SMILES string of the molecule is NC(N)=NC(=O)c1ccc(Oc2ccc(CC(N)C(=O)O)cc2)c(C(F)(F)F)c1. The lowest BCUT2D eigenvalue weighted by atomic mass is 10.1. The van der Waals surface area contributed by atoms with E-state index < -0.39 is 41.4 Å². The summed E-state index contributed by atoms with van der Waals surface area (Å²) < 4.78 is 45.5. The maximum atomic E-state index is 13.4. The van der Waals surface area contributed by atoms with Crippen LogP contribution in [0.1, 0.15) is 21.5 Å². The molecule has 0 saturated heterocycles. The van der Waals surface area contributed by atoms with E-state index in [4.69, 9.17) is 27.0 Å². The van der Waals surface area contributed by atoms with Crippen molar-refractivity contribution in [3.05, 3.63) is 59.2 Å². The molecular weight excluding hydrogens is 393 g/mol. The van der Waals surface area contributed by atoms with Crippen LogP contribution in [0.4, 0.5) is 13.2 Å². The Morgan fingerprint density at radius 3 is 2.24 bits per heavy atom. The van der Waals surface area contributed by atoms with Gasteiger partial charge in [0.15, 0.2) is 5.96 Å². The Balaban J connectivity index is 2.29. The maximum absolute atomic E-state index is 13.4. The van der Waals surface area contributed by atoms with Crippen LogP contribution in [0.5, 0.6) is 11.5 Å². The van der Waals surface area contributed by atoms with Crippen LogP contribution < -0.4 is 21.9 Å². The van der Waals surface area contributed by atoms with Gasteiger partial charge in [0.25, 0.3) is 5.91 Å². The zero-order valence-corrected chi connectivity index (χ0v) is 14.8. The van der Waals surface area contributed by atoms with Crippen LogP contribution in [0.25, 0.3) is 0 Å². The normalized spacial score (nSPS) is 12.1. The highest BCUT2D eigenvalue weighted by molar-refractivity contribution is 6.02. The highest BCUT2D eigenvalue weighted by Gasteiger charge is 2.35. The second-order valence-electron chi connectivity index (χ2n) is 5.95. The summed E-state index contributed by atoms with van der Waals surface area (Å²) in [6, 6.07) is 7.29. The molecule has 11 heteroatoms. The fourth-order valence-corrected chi connectivity index (χ4v) is 2.32. The predicted molar refractivity (Wildman–Crippen MR) is 97.4 cm³/mol. The fourth-order valence-electron chi connectivity index (χ4n) is 2.32. The van der Waals surface area contributed by atoms with Crippen molar-refractivity contribution in [3.8, 4) is 11.5 Å². The first-order valence-corrected chi connectivity index (χ1v) is 8.07. The number of aliphatic carboxylic acids is 1. The van der Waals surface area contributed by atoms with Gasteiger partial charge < -0.3 is 27.0 Å². The number of amides is 1. The van der Waals surface area contributed by atoms with Crippen molar-refractivity contribution in [3.63, 3.8) is 0 Å². The van der Waals surface area contributed by atoms with Gasteiger partial charge in [-0.15, -0.1) is 0 Å². The molecule has 0 aromatic heterocycles. The quantitative estimate of drug-likeness (QED) is 0.419. The molecule has 0 radical (unpaired) electrons. The van der Waals surface area contributed by atoms with Gasteiger partial charge in [0.05, 0.1) is 5.56 Å². The number of carbonyl (C=O) groups is 2. The van der Waals surface area contributed by atoms with Crippen molar-refractivity contribution in [2.75, 3.05) is 0 Å². The lowest BCUT2D eigenvalue weighted by molar-refractivity contribution is -0.139. The number of rotatable bonds is 6. The zero-order valence-electron chi connectivity index (χ0n) is 14.8. The van der Waals surface area contributed by atoms with Crippen LogP contribution in [0, 0.1) is 0 Å². The number of hydrogen-bond donors (Lipinski definition) is 4. The molecule has 1 unspecified atom stereocenters. The van der Waals surface area contributed by atoms with Gasteiger partial charge in [0.2, 0.25) is 0 Å². The largest absolute Gasteiger partial charge is 0.480 e. The second-order valence-corrected chi connectivity index (χ2v) is 5.95. The van der Waals surface area contributed by atoms with E-state index in [1.165, 1.54) is 24.3 Å². The molecule has 2 aromatic rings. The van der Waals surface area contributed by atoms with Gasteiger partial charge in [0, 0.05) is 5.56 Å². The first-order chi connectivity index (χ1) is 13.5. The van der Waals surface area contributed by atoms with E-state index in [1.807, 2.05) is 0 Å². The van der Waals surface area contributed by atoms with E-state index >= 15 is 0 Å². The van der Waals surface area contributed by atoms with E-state index in [1.54, 1.807) is 0 Å². The zero-order chi connectivity index (χ0) is 21.8. The Labute approximate surface area is 162 Å². The first kappa shape index (κ1) is 21.7. The maximum Gasteiger partial charge on any atom is 0.420 e. The summed E-state index contributed by atoms with van der Waals surface area (Å²) in [7, 11) is 0. The third-order valence-electron chi connectivity index (χ3n) is 3.69. The summed E-state index contributed by atoms with van der Waals surface area (Å²) in [6.07, 6.45) is -4.76. The molecule has 154 valence electrons. The Morgan fingerprint density at radius 2 is 1.72 bits per heavy atom. The molecule has 0 bridgehead atoms. The molecule has 7 N–H and O–H groups in total.